The Bertz CT molecular complexity index is 706. The van der Waals surface area contributed by atoms with Gasteiger partial charge in [0, 0.05) is 11.3 Å². The van der Waals surface area contributed by atoms with Crippen molar-refractivity contribution in [2.75, 3.05) is 12.9 Å². The normalized spacial score (nSPS) is 11.3. The summed E-state index contributed by atoms with van der Waals surface area (Å²) in [6, 6.07) is 12.3. The molecule has 0 radical (unpaired) electrons. The molecule has 0 aliphatic rings. The molecule has 20 heavy (non-hydrogen) atoms. The third-order valence-corrected chi connectivity index (χ3v) is 4.11. The summed E-state index contributed by atoms with van der Waals surface area (Å²) in [5, 5.41) is 0.400. The van der Waals surface area contributed by atoms with E-state index in [1.54, 1.807) is 12.1 Å². The summed E-state index contributed by atoms with van der Waals surface area (Å²) < 4.78 is 28.6. The summed E-state index contributed by atoms with van der Waals surface area (Å²) in [7, 11) is -3.28. The van der Waals surface area contributed by atoms with Crippen molar-refractivity contribution in [1.29, 1.82) is 0 Å². The Morgan fingerprint density at radius 3 is 2.25 bits per heavy atom. The van der Waals surface area contributed by atoms with Crippen LogP contribution in [0.2, 0.25) is 5.02 Å². The highest BCUT2D eigenvalue weighted by atomic mass is 35.5. The third-order valence-electron chi connectivity index (χ3n) is 2.80. The van der Waals surface area contributed by atoms with Crippen molar-refractivity contribution in [2.24, 2.45) is 0 Å². The summed E-state index contributed by atoms with van der Waals surface area (Å²) in [4.78, 5) is 0.217. The van der Waals surface area contributed by atoms with E-state index in [0.717, 1.165) is 16.9 Å². The van der Waals surface area contributed by atoms with Gasteiger partial charge in [-0.2, -0.15) is 0 Å². The maximum absolute atomic E-state index is 11.6. The molecular weight excluding hydrogens is 296 g/mol. The van der Waals surface area contributed by atoms with Crippen molar-refractivity contribution in [3.63, 3.8) is 0 Å². The molecule has 0 aromatic heterocycles. The number of hydrogen-bond acceptors (Lipinski definition) is 3. The average molecular weight is 311 g/mol. The largest absolute Gasteiger partial charge is 0.494 e. The minimum Gasteiger partial charge on any atom is -0.494 e. The van der Waals surface area contributed by atoms with Crippen molar-refractivity contribution in [1.82, 2.24) is 0 Å². The van der Waals surface area contributed by atoms with Crippen LogP contribution < -0.4 is 4.74 Å². The molecule has 0 atom stereocenters. The van der Waals surface area contributed by atoms with Crippen LogP contribution >= 0.6 is 11.6 Å². The zero-order chi connectivity index (χ0) is 14.8. The number of hydrogen-bond donors (Lipinski definition) is 0. The van der Waals surface area contributed by atoms with Crippen LogP contribution in [-0.2, 0) is 9.84 Å². The molecule has 0 N–H and O–H groups in total. The van der Waals surface area contributed by atoms with E-state index in [0.29, 0.717) is 11.6 Å². The summed E-state index contributed by atoms with van der Waals surface area (Å²) >= 11 is 6.00. The van der Waals surface area contributed by atoms with Crippen molar-refractivity contribution < 1.29 is 13.2 Å². The zero-order valence-corrected chi connectivity index (χ0v) is 12.8. The van der Waals surface area contributed by atoms with E-state index in [1.165, 1.54) is 12.3 Å². The molecule has 2 rings (SSSR count). The molecule has 0 fully saturated rings. The van der Waals surface area contributed by atoms with Crippen LogP contribution in [0.4, 0.5) is 0 Å². The summed E-state index contributed by atoms with van der Waals surface area (Å²) in [5.41, 5.74) is 1.65. The van der Waals surface area contributed by atoms with Gasteiger partial charge in [-0.3, -0.25) is 0 Å². The van der Waals surface area contributed by atoms with Gasteiger partial charge >= 0.3 is 0 Å². The molecular formula is C15H15ClO3S. The first-order chi connectivity index (χ1) is 9.40. The first kappa shape index (κ1) is 14.9. The molecule has 0 saturated carbocycles. The Balaban J connectivity index is 2.44. The van der Waals surface area contributed by atoms with Gasteiger partial charge < -0.3 is 4.74 Å². The Labute approximate surface area is 124 Å². The van der Waals surface area contributed by atoms with Crippen LogP contribution in [0.5, 0.6) is 5.75 Å². The molecule has 0 amide bonds. The number of sulfone groups is 1. The number of ether oxygens (including phenoxy) is 1. The molecule has 0 saturated heterocycles. The molecule has 106 valence electrons. The van der Waals surface area contributed by atoms with Crippen molar-refractivity contribution in [2.45, 2.75) is 11.8 Å². The highest BCUT2D eigenvalue weighted by molar-refractivity contribution is 7.90. The monoisotopic (exact) mass is 310 g/mol. The molecule has 0 aliphatic heterocycles. The summed E-state index contributed by atoms with van der Waals surface area (Å²) in [6.45, 7) is 2.53. The second-order valence-electron chi connectivity index (χ2n) is 4.41. The quantitative estimate of drug-likeness (QED) is 0.862. The molecule has 0 spiro atoms. The lowest BCUT2D eigenvalue weighted by molar-refractivity contribution is 0.340. The highest BCUT2D eigenvalue weighted by Gasteiger charge is 2.10. The molecule has 2 aromatic rings. The highest BCUT2D eigenvalue weighted by Crippen LogP contribution is 2.28. The lowest BCUT2D eigenvalue weighted by Gasteiger charge is -2.07. The molecule has 0 aliphatic carbocycles. The summed E-state index contributed by atoms with van der Waals surface area (Å²) in [5.74, 6) is 0.779. The van der Waals surface area contributed by atoms with E-state index in [-0.39, 0.29) is 4.90 Å². The molecule has 3 nitrogen and oxygen atoms in total. The van der Waals surface area contributed by atoms with E-state index in [9.17, 15) is 8.42 Å². The van der Waals surface area contributed by atoms with Crippen molar-refractivity contribution in [3.8, 4) is 16.9 Å². The van der Waals surface area contributed by atoms with Gasteiger partial charge in [-0.05, 0) is 48.4 Å². The number of benzene rings is 2. The molecule has 0 unspecified atom stereocenters. The maximum Gasteiger partial charge on any atom is 0.175 e. The van der Waals surface area contributed by atoms with Gasteiger partial charge in [0.05, 0.1) is 11.5 Å². The van der Waals surface area contributed by atoms with E-state index in [1.807, 2.05) is 31.2 Å². The topological polar surface area (TPSA) is 43.4 Å². The van der Waals surface area contributed by atoms with Gasteiger partial charge in [0.25, 0.3) is 0 Å². The SMILES string of the molecule is CCOc1ccc(-c2cc(Cl)cc(S(C)(=O)=O)c2)cc1. The van der Waals surface area contributed by atoms with Crippen molar-refractivity contribution in [3.05, 3.63) is 47.5 Å². The lowest BCUT2D eigenvalue weighted by atomic mass is 10.1. The maximum atomic E-state index is 11.6. The molecule has 2 aromatic carbocycles. The fourth-order valence-corrected chi connectivity index (χ4v) is 2.84. The predicted molar refractivity (Wildman–Crippen MR) is 81.2 cm³/mol. The fraction of sp³-hybridized carbons (Fsp3) is 0.200. The minimum absolute atomic E-state index is 0.217. The molecule has 5 heteroatoms. The molecule has 0 heterocycles. The van der Waals surface area contributed by atoms with E-state index < -0.39 is 9.84 Å². The van der Waals surface area contributed by atoms with Gasteiger partial charge in [-0.1, -0.05) is 23.7 Å². The van der Waals surface area contributed by atoms with Gasteiger partial charge in [0.15, 0.2) is 9.84 Å². The first-order valence-corrected chi connectivity index (χ1v) is 8.41. The van der Waals surface area contributed by atoms with Gasteiger partial charge in [-0.25, -0.2) is 8.42 Å². The number of halogens is 1. The first-order valence-electron chi connectivity index (χ1n) is 6.14. The Kier molecular flexibility index (Phi) is 4.35. The Morgan fingerprint density at radius 2 is 1.70 bits per heavy atom. The van der Waals surface area contributed by atoms with Crippen LogP contribution in [0.3, 0.4) is 0 Å². The number of rotatable bonds is 4. The van der Waals surface area contributed by atoms with E-state index >= 15 is 0 Å². The fourth-order valence-electron chi connectivity index (χ4n) is 1.85. The summed E-state index contributed by atoms with van der Waals surface area (Å²) in [6.07, 6.45) is 1.17. The van der Waals surface area contributed by atoms with Gasteiger partial charge in [-0.15, -0.1) is 0 Å². The van der Waals surface area contributed by atoms with Crippen LogP contribution in [0.15, 0.2) is 47.4 Å². The van der Waals surface area contributed by atoms with Crippen molar-refractivity contribution >= 4 is 21.4 Å². The second-order valence-corrected chi connectivity index (χ2v) is 6.86. The Hall–Kier alpha value is -1.52. The van der Waals surface area contributed by atoms with Crippen LogP contribution in [0.1, 0.15) is 6.92 Å². The van der Waals surface area contributed by atoms with E-state index in [2.05, 4.69) is 0 Å². The van der Waals surface area contributed by atoms with Crippen LogP contribution in [0, 0.1) is 0 Å². The second kappa shape index (κ2) is 5.85. The lowest BCUT2D eigenvalue weighted by Crippen LogP contribution is -1.97. The zero-order valence-electron chi connectivity index (χ0n) is 11.3. The van der Waals surface area contributed by atoms with Crippen LogP contribution in [0.25, 0.3) is 11.1 Å². The molecule has 0 bridgehead atoms. The smallest absolute Gasteiger partial charge is 0.175 e. The predicted octanol–water partition coefficient (Wildman–Crippen LogP) is 3.81. The van der Waals surface area contributed by atoms with Crippen LogP contribution in [-0.4, -0.2) is 21.3 Å². The van der Waals surface area contributed by atoms with Gasteiger partial charge in [0.1, 0.15) is 5.75 Å². The Morgan fingerprint density at radius 1 is 1.05 bits per heavy atom. The van der Waals surface area contributed by atoms with Gasteiger partial charge in [0.2, 0.25) is 0 Å². The standard InChI is InChI=1S/C15H15ClO3S/c1-3-19-14-6-4-11(5-7-14)12-8-13(16)10-15(9-12)20(2,17)18/h4-10H,3H2,1-2H3. The van der Waals surface area contributed by atoms with E-state index in [4.69, 9.17) is 16.3 Å². The third kappa shape index (κ3) is 3.52. The average Bonchev–Trinajstić information content (AvgIpc) is 2.38. The minimum atomic E-state index is -3.28.